The van der Waals surface area contributed by atoms with Gasteiger partial charge in [0.2, 0.25) is 0 Å². The van der Waals surface area contributed by atoms with Crippen LogP contribution in [0.2, 0.25) is 0 Å². The van der Waals surface area contributed by atoms with Gasteiger partial charge in [-0.1, -0.05) is 6.07 Å². The van der Waals surface area contributed by atoms with Gasteiger partial charge in [-0.05, 0) is 36.6 Å². The Kier molecular flexibility index (Phi) is 4.27. The van der Waals surface area contributed by atoms with Crippen LogP contribution in [0, 0.1) is 6.92 Å². The number of aryl methyl sites for hydroxylation is 2. The minimum atomic E-state index is -0.958. The van der Waals surface area contributed by atoms with Crippen LogP contribution in [0.15, 0.2) is 30.6 Å². The smallest absolute Gasteiger partial charge is 0.335 e. The Balaban J connectivity index is 1.60. The maximum absolute atomic E-state index is 13.1. The van der Waals surface area contributed by atoms with Crippen molar-refractivity contribution in [2.45, 2.75) is 19.9 Å². The summed E-state index contributed by atoms with van der Waals surface area (Å²) in [6.45, 7) is 2.86. The van der Waals surface area contributed by atoms with Gasteiger partial charge in [-0.15, -0.1) is 11.3 Å². The van der Waals surface area contributed by atoms with Crippen LogP contribution in [0.25, 0.3) is 10.6 Å². The first-order valence-electron chi connectivity index (χ1n) is 8.53. The van der Waals surface area contributed by atoms with Crippen molar-refractivity contribution < 1.29 is 14.7 Å². The van der Waals surface area contributed by atoms with Gasteiger partial charge in [0.05, 0.1) is 17.5 Å². The minimum Gasteiger partial charge on any atom is -0.478 e. The largest absolute Gasteiger partial charge is 0.478 e. The number of aromatic nitrogens is 3. The number of rotatable bonds is 3. The van der Waals surface area contributed by atoms with Crippen molar-refractivity contribution in [2.24, 2.45) is 7.05 Å². The second-order valence-corrected chi connectivity index (χ2v) is 7.60. The van der Waals surface area contributed by atoms with E-state index in [1.807, 2.05) is 26.2 Å². The fourth-order valence-electron chi connectivity index (χ4n) is 3.26. The number of benzene rings is 1. The standard InChI is InChI=1S/C19H18N4O3S/c1-11-16(27-17(21-11)15-8-20-22(2)9-15)18(24)23-6-5-12-3-4-13(19(25)26)7-14(12)10-23/h3-4,7-9H,5-6,10H2,1-2H3,(H,25,26). The highest BCUT2D eigenvalue weighted by molar-refractivity contribution is 7.17. The summed E-state index contributed by atoms with van der Waals surface area (Å²) in [6, 6.07) is 5.13. The van der Waals surface area contributed by atoms with E-state index >= 15 is 0 Å². The zero-order chi connectivity index (χ0) is 19.1. The molecule has 0 spiro atoms. The second-order valence-electron chi connectivity index (χ2n) is 6.60. The Morgan fingerprint density at radius 1 is 1.26 bits per heavy atom. The molecule has 138 valence electrons. The normalized spacial score (nSPS) is 13.5. The predicted molar refractivity (Wildman–Crippen MR) is 101 cm³/mol. The van der Waals surface area contributed by atoms with Crippen molar-refractivity contribution in [1.29, 1.82) is 0 Å². The number of hydrogen-bond acceptors (Lipinski definition) is 5. The molecule has 1 amide bonds. The summed E-state index contributed by atoms with van der Waals surface area (Å²) in [5.41, 5.74) is 3.83. The van der Waals surface area contributed by atoms with Crippen LogP contribution in [0.1, 0.15) is 36.9 Å². The maximum Gasteiger partial charge on any atom is 0.335 e. The second kappa shape index (κ2) is 6.62. The Bertz CT molecular complexity index is 1050. The molecule has 0 saturated heterocycles. The molecule has 3 aromatic rings. The molecule has 4 rings (SSSR count). The molecule has 2 aromatic heterocycles. The molecule has 1 aromatic carbocycles. The van der Waals surface area contributed by atoms with Crippen LogP contribution >= 0.6 is 11.3 Å². The summed E-state index contributed by atoms with van der Waals surface area (Å²) in [5.74, 6) is -1.02. The number of carboxylic acid groups (broad SMARTS) is 1. The number of carboxylic acids is 1. The van der Waals surface area contributed by atoms with Gasteiger partial charge >= 0.3 is 5.97 Å². The number of nitrogens with zero attached hydrogens (tertiary/aromatic N) is 4. The van der Waals surface area contributed by atoms with E-state index in [1.165, 1.54) is 11.3 Å². The minimum absolute atomic E-state index is 0.0634. The number of amides is 1. The van der Waals surface area contributed by atoms with E-state index in [1.54, 1.807) is 27.9 Å². The SMILES string of the molecule is Cc1nc(-c2cnn(C)c2)sc1C(=O)N1CCc2ccc(C(=O)O)cc2C1. The van der Waals surface area contributed by atoms with E-state index in [0.29, 0.717) is 30.1 Å². The molecule has 0 atom stereocenters. The summed E-state index contributed by atoms with van der Waals surface area (Å²) >= 11 is 1.37. The lowest BCUT2D eigenvalue weighted by Gasteiger charge is -2.28. The molecule has 7 nitrogen and oxygen atoms in total. The molecule has 0 radical (unpaired) electrons. The van der Waals surface area contributed by atoms with Gasteiger partial charge in [-0.25, -0.2) is 9.78 Å². The monoisotopic (exact) mass is 382 g/mol. The molecule has 1 aliphatic rings. The number of thiazole rings is 1. The number of aromatic carboxylic acids is 1. The zero-order valence-electron chi connectivity index (χ0n) is 15.0. The Morgan fingerprint density at radius 2 is 2.07 bits per heavy atom. The highest BCUT2D eigenvalue weighted by Crippen LogP contribution is 2.30. The molecule has 1 aliphatic heterocycles. The lowest BCUT2D eigenvalue weighted by Crippen LogP contribution is -2.36. The van der Waals surface area contributed by atoms with Crippen LogP contribution in [0.5, 0.6) is 0 Å². The third-order valence-corrected chi connectivity index (χ3v) is 5.89. The summed E-state index contributed by atoms with van der Waals surface area (Å²) < 4.78 is 1.70. The molecule has 0 fully saturated rings. The van der Waals surface area contributed by atoms with Gasteiger partial charge in [-0.2, -0.15) is 5.10 Å². The van der Waals surface area contributed by atoms with Crippen LogP contribution in [0.3, 0.4) is 0 Å². The Morgan fingerprint density at radius 3 is 2.78 bits per heavy atom. The highest BCUT2D eigenvalue weighted by atomic mass is 32.1. The van der Waals surface area contributed by atoms with Crippen LogP contribution in [-0.2, 0) is 20.0 Å². The molecule has 0 unspecified atom stereocenters. The van der Waals surface area contributed by atoms with Crippen molar-refractivity contribution in [3.8, 4) is 10.6 Å². The number of hydrogen-bond donors (Lipinski definition) is 1. The maximum atomic E-state index is 13.1. The molecule has 0 saturated carbocycles. The first kappa shape index (κ1) is 17.4. The van der Waals surface area contributed by atoms with Crippen molar-refractivity contribution in [3.05, 3.63) is 57.9 Å². The van der Waals surface area contributed by atoms with E-state index in [-0.39, 0.29) is 11.5 Å². The van der Waals surface area contributed by atoms with Crippen molar-refractivity contribution in [3.63, 3.8) is 0 Å². The van der Waals surface area contributed by atoms with Crippen molar-refractivity contribution in [1.82, 2.24) is 19.7 Å². The van der Waals surface area contributed by atoms with E-state index in [4.69, 9.17) is 0 Å². The predicted octanol–water partition coefficient (Wildman–Crippen LogP) is 2.75. The van der Waals surface area contributed by atoms with Gasteiger partial charge in [-0.3, -0.25) is 9.48 Å². The van der Waals surface area contributed by atoms with E-state index < -0.39 is 5.97 Å². The van der Waals surface area contributed by atoms with Crippen molar-refractivity contribution >= 4 is 23.2 Å². The van der Waals surface area contributed by atoms with E-state index in [0.717, 1.165) is 21.7 Å². The molecular formula is C19H18N4O3S. The summed E-state index contributed by atoms with van der Waals surface area (Å²) in [7, 11) is 1.84. The summed E-state index contributed by atoms with van der Waals surface area (Å²) in [4.78, 5) is 31.2. The van der Waals surface area contributed by atoms with Crippen molar-refractivity contribution in [2.75, 3.05) is 6.54 Å². The molecule has 1 N–H and O–H groups in total. The van der Waals surface area contributed by atoms with E-state index in [2.05, 4.69) is 10.1 Å². The Hall–Kier alpha value is -3.00. The van der Waals surface area contributed by atoms with Gasteiger partial charge in [0, 0.05) is 31.9 Å². The zero-order valence-corrected chi connectivity index (χ0v) is 15.8. The first-order chi connectivity index (χ1) is 12.9. The molecule has 8 heteroatoms. The average Bonchev–Trinajstić information content (AvgIpc) is 3.25. The summed E-state index contributed by atoms with van der Waals surface area (Å²) in [6.07, 6.45) is 4.32. The first-order valence-corrected chi connectivity index (χ1v) is 9.35. The van der Waals surface area contributed by atoms with E-state index in [9.17, 15) is 14.7 Å². The summed E-state index contributed by atoms with van der Waals surface area (Å²) in [5, 5.41) is 14.1. The fourth-order valence-corrected chi connectivity index (χ4v) is 4.27. The molecule has 0 aliphatic carbocycles. The number of carbonyl (C=O) groups is 2. The highest BCUT2D eigenvalue weighted by Gasteiger charge is 2.26. The van der Waals surface area contributed by atoms with Gasteiger partial charge in [0.1, 0.15) is 9.88 Å². The van der Waals surface area contributed by atoms with Gasteiger partial charge in [0.25, 0.3) is 5.91 Å². The average molecular weight is 382 g/mol. The third kappa shape index (κ3) is 3.23. The molecule has 3 heterocycles. The van der Waals surface area contributed by atoms with Crippen LogP contribution in [0.4, 0.5) is 0 Å². The lowest BCUT2D eigenvalue weighted by molar-refractivity contribution is 0.0696. The number of carbonyl (C=O) groups excluding carboxylic acids is 1. The third-order valence-electron chi connectivity index (χ3n) is 4.70. The van der Waals surface area contributed by atoms with Crippen LogP contribution < -0.4 is 0 Å². The molecular weight excluding hydrogens is 364 g/mol. The molecule has 27 heavy (non-hydrogen) atoms. The van der Waals surface area contributed by atoms with Gasteiger partial charge < -0.3 is 10.0 Å². The number of fused-ring (bicyclic) bond motifs is 1. The van der Waals surface area contributed by atoms with Gasteiger partial charge in [0.15, 0.2) is 0 Å². The fraction of sp³-hybridized carbons (Fsp3) is 0.263. The lowest BCUT2D eigenvalue weighted by atomic mass is 9.97. The quantitative estimate of drug-likeness (QED) is 0.752. The topological polar surface area (TPSA) is 88.3 Å². The molecule has 0 bridgehead atoms. The van der Waals surface area contributed by atoms with Crippen LogP contribution in [-0.4, -0.2) is 43.2 Å². The Labute approximate surface area is 159 Å².